The second-order valence-electron chi connectivity index (χ2n) is 7.04. The SMILES string of the molecule is CN(C)CCCCCc1ccc2ncn3c4ccccc4c(=O)c1c23. The first-order chi connectivity index (χ1) is 12.2. The van der Waals surface area contributed by atoms with E-state index in [1.165, 1.54) is 12.8 Å². The number of benzene rings is 2. The second kappa shape index (κ2) is 6.45. The highest BCUT2D eigenvalue weighted by molar-refractivity contribution is 6.02. The Morgan fingerprint density at radius 1 is 1.04 bits per heavy atom. The number of rotatable bonds is 6. The second-order valence-corrected chi connectivity index (χ2v) is 7.04. The quantitative estimate of drug-likeness (QED) is 0.399. The van der Waals surface area contributed by atoms with Crippen LogP contribution >= 0.6 is 0 Å². The normalized spacial score (nSPS) is 12.1. The van der Waals surface area contributed by atoms with Crippen LogP contribution in [0.3, 0.4) is 0 Å². The number of pyridine rings is 1. The standard InChI is InChI=1S/C21H23N3O/c1-23(2)13-7-3-4-8-15-11-12-17-20-19(15)21(25)16-9-5-6-10-18(16)24(20)14-22-17/h5-6,9-12,14H,3-4,7-8,13H2,1-2H3. The fourth-order valence-electron chi connectivity index (χ4n) is 3.72. The largest absolute Gasteiger partial charge is 0.309 e. The minimum absolute atomic E-state index is 0.137. The predicted molar refractivity (Wildman–Crippen MR) is 104 cm³/mol. The number of imidazole rings is 1. The van der Waals surface area contributed by atoms with Crippen molar-refractivity contribution in [1.82, 2.24) is 14.3 Å². The summed E-state index contributed by atoms with van der Waals surface area (Å²) in [7, 11) is 4.21. The molecule has 0 atom stereocenters. The molecule has 128 valence electrons. The Kier molecular flexibility index (Phi) is 4.14. The van der Waals surface area contributed by atoms with Crippen LogP contribution in [0.5, 0.6) is 0 Å². The molecule has 0 bridgehead atoms. The van der Waals surface area contributed by atoms with Gasteiger partial charge in [0.05, 0.1) is 21.9 Å². The number of fused-ring (bicyclic) bond motifs is 2. The maximum atomic E-state index is 13.1. The van der Waals surface area contributed by atoms with Gasteiger partial charge in [-0.1, -0.05) is 24.6 Å². The van der Waals surface area contributed by atoms with Crippen LogP contribution in [0.15, 0.2) is 47.5 Å². The van der Waals surface area contributed by atoms with Crippen LogP contribution in [0.2, 0.25) is 0 Å². The van der Waals surface area contributed by atoms with E-state index in [4.69, 9.17) is 0 Å². The fraction of sp³-hybridized carbons (Fsp3) is 0.333. The minimum Gasteiger partial charge on any atom is -0.309 e. The molecule has 0 saturated heterocycles. The molecule has 0 unspecified atom stereocenters. The highest BCUT2D eigenvalue weighted by Crippen LogP contribution is 2.26. The summed E-state index contributed by atoms with van der Waals surface area (Å²) >= 11 is 0. The molecule has 0 amide bonds. The van der Waals surface area contributed by atoms with E-state index >= 15 is 0 Å². The highest BCUT2D eigenvalue weighted by atomic mass is 16.1. The molecule has 4 nitrogen and oxygen atoms in total. The molecule has 2 aromatic carbocycles. The van der Waals surface area contributed by atoms with Gasteiger partial charge in [0, 0.05) is 5.39 Å². The third-order valence-electron chi connectivity index (χ3n) is 4.98. The zero-order valence-corrected chi connectivity index (χ0v) is 14.8. The Hall–Kier alpha value is -2.46. The molecule has 0 N–H and O–H groups in total. The molecular weight excluding hydrogens is 310 g/mol. The molecule has 4 rings (SSSR count). The summed E-state index contributed by atoms with van der Waals surface area (Å²) in [6.45, 7) is 1.12. The summed E-state index contributed by atoms with van der Waals surface area (Å²) < 4.78 is 2.07. The molecule has 2 aromatic heterocycles. The Balaban J connectivity index is 1.77. The molecule has 0 aliphatic heterocycles. The van der Waals surface area contributed by atoms with E-state index in [9.17, 15) is 4.79 Å². The molecule has 0 radical (unpaired) electrons. The van der Waals surface area contributed by atoms with Gasteiger partial charge < -0.3 is 4.90 Å². The molecule has 4 heteroatoms. The average Bonchev–Trinajstić information content (AvgIpc) is 3.04. The van der Waals surface area contributed by atoms with Crippen molar-refractivity contribution in [2.75, 3.05) is 20.6 Å². The zero-order valence-electron chi connectivity index (χ0n) is 14.8. The van der Waals surface area contributed by atoms with Crippen molar-refractivity contribution in [2.45, 2.75) is 25.7 Å². The van der Waals surface area contributed by atoms with Crippen molar-refractivity contribution < 1.29 is 0 Å². The van der Waals surface area contributed by atoms with Gasteiger partial charge >= 0.3 is 0 Å². The van der Waals surface area contributed by atoms with Gasteiger partial charge in [0.1, 0.15) is 6.33 Å². The van der Waals surface area contributed by atoms with E-state index in [-0.39, 0.29) is 5.43 Å². The lowest BCUT2D eigenvalue weighted by molar-refractivity contribution is 0.392. The number of hydrogen-bond donors (Lipinski definition) is 0. The van der Waals surface area contributed by atoms with Crippen LogP contribution in [0.4, 0.5) is 0 Å². The van der Waals surface area contributed by atoms with E-state index in [0.717, 1.165) is 52.3 Å². The van der Waals surface area contributed by atoms with Gasteiger partial charge in [0.15, 0.2) is 5.43 Å². The third kappa shape index (κ3) is 2.76. The molecule has 0 fully saturated rings. The number of hydrogen-bond acceptors (Lipinski definition) is 3. The van der Waals surface area contributed by atoms with Gasteiger partial charge in [-0.3, -0.25) is 9.20 Å². The van der Waals surface area contributed by atoms with Crippen molar-refractivity contribution in [1.29, 1.82) is 0 Å². The molecule has 0 spiro atoms. The van der Waals surface area contributed by atoms with Gasteiger partial charge in [0.2, 0.25) is 0 Å². The lowest BCUT2D eigenvalue weighted by Crippen LogP contribution is -2.12. The highest BCUT2D eigenvalue weighted by Gasteiger charge is 2.15. The predicted octanol–water partition coefficient (Wildman–Crippen LogP) is 3.71. The van der Waals surface area contributed by atoms with Crippen molar-refractivity contribution in [3.05, 3.63) is 58.5 Å². The van der Waals surface area contributed by atoms with Crippen molar-refractivity contribution in [2.24, 2.45) is 0 Å². The van der Waals surface area contributed by atoms with Gasteiger partial charge in [-0.25, -0.2) is 4.98 Å². The summed E-state index contributed by atoms with van der Waals surface area (Å²) in [5, 5.41) is 1.62. The van der Waals surface area contributed by atoms with Crippen LogP contribution in [0.1, 0.15) is 24.8 Å². The summed E-state index contributed by atoms with van der Waals surface area (Å²) in [6, 6.07) is 11.9. The Bertz CT molecular complexity index is 1080. The van der Waals surface area contributed by atoms with Gasteiger partial charge in [0.25, 0.3) is 0 Å². The van der Waals surface area contributed by atoms with Gasteiger partial charge in [-0.05, 0) is 63.7 Å². The Morgan fingerprint density at radius 2 is 1.88 bits per heavy atom. The van der Waals surface area contributed by atoms with E-state index in [1.54, 1.807) is 0 Å². The Labute approximate surface area is 147 Å². The lowest BCUT2D eigenvalue weighted by Gasteiger charge is -2.11. The molecule has 2 heterocycles. The van der Waals surface area contributed by atoms with Crippen LogP contribution in [0.25, 0.3) is 27.3 Å². The number of para-hydroxylation sites is 1. The van der Waals surface area contributed by atoms with Gasteiger partial charge in [-0.15, -0.1) is 0 Å². The first-order valence-corrected chi connectivity index (χ1v) is 8.94. The zero-order chi connectivity index (χ0) is 17.4. The molecule has 0 aliphatic rings. The van der Waals surface area contributed by atoms with E-state index in [0.29, 0.717) is 0 Å². The molecule has 0 saturated carbocycles. The van der Waals surface area contributed by atoms with Crippen molar-refractivity contribution >= 4 is 27.3 Å². The van der Waals surface area contributed by atoms with Crippen LogP contribution in [-0.4, -0.2) is 34.9 Å². The summed E-state index contributed by atoms with van der Waals surface area (Å²) in [5.41, 5.74) is 4.09. The number of nitrogens with zero attached hydrogens (tertiary/aromatic N) is 3. The van der Waals surface area contributed by atoms with E-state index < -0.39 is 0 Å². The molecular formula is C21H23N3O. The maximum Gasteiger partial charge on any atom is 0.197 e. The van der Waals surface area contributed by atoms with Crippen LogP contribution < -0.4 is 5.43 Å². The van der Waals surface area contributed by atoms with Crippen molar-refractivity contribution in [3.8, 4) is 0 Å². The smallest absolute Gasteiger partial charge is 0.197 e. The summed E-state index contributed by atoms with van der Waals surface area (Å²) in [5.74, 6) is 0. The lowest BCUT2D eigenvalue weighted by atomic mass is 9.99. The first kappa shape index (κ1) is 16.0. The van der Waals surface area contributed by atoms with Gasteiger partial charge in [-0.2, -0.15) is 0 Å². The average molecular weight is 333 g/mol. The number of aromatic nitrogens is 2. The number of aryl methyl sites for hydroxylation is 1. The summed E-state index contributed by atoms with van der Waals surface area (Å²) in [6.07, 6.45) is 6.26. The number of unbranched alkanes of at least 4 members (excludes halogenated alkanes) is 2. The molecule has 0 aliphatic carbocycles. The summed E-state index contributed by atoms with van der Waals surface area (Å²) in [4.78, 5) is 19.9. The maximum absolute atomic E-state index is 13.1. The third-order valence-corrected chi connectivity index (χ3v) is 4.98. The Morgan fingerprint density at radius 3 is 2.72 bits per heavy atom. The van der Waals surface area contributed by atoms with E-state index in [1.807, 2.05) is 36.7 Å². The molecule has 4 aromatic rings. The van der Waals surface area contributed by atoms with Crippen LogP contribution in [0, 0.1) is 0 Å². The monoisotopic (exact) mass is 333 g/mol. The fourth-order valence-corrected chi connectivity index (χ4v) is 3.72. The van der Waals surface area contributed by atoms with Crippen LogP contribution in [-0.2, 0) is 6.42 Å². The molecule has 25 heavy (non-hydrogen) atoms. The topological polar surface area (TPSA) is 37.6 Å². The minimum atomic E-state index is 0.137. The van der Waals surface area contributed by atoms with Crippen molar-refractivity contribution in [3.63, 3.8) is 0 Å². The van der Waals surface area contributed by atoms with E-state index in [2.05, 4.69) is 34.4 Å². The first-order valence-electron chi connectivity index (χ1n) is 8.94.